The molecule has 3 aromatic rings. The van der Waals surface area contributed by atoms with Gasteiger partial charge in [0, 0.05) is 37.5 Å². The number of benzene rings is 2. The highest BCUT2D eigenvalue weighted by Crippen LogP contribution is 2.20. The Bertz CT molecular complexity index is 1210. The highest BCUT2D eigenvalue weighted by atomic mass is 32.1. The SMILES string of the molecule is Cc1ccccc1C(=O)/C=c1\s/c(=C\c2ccc(N3CCCC3)cc2)c(=O)n1C. The predicted octanol–water partition coefficient (Wildman–Crippen LogP) is 2.85. The van der Waals surface area contributed by atoms with Crippen LogP contribution in [-0.2, 0) is 7.05 Å². The van der Waals surface area contributed by atoms with E-state index in [1.165, 1.54) is 29.9 Å². The Morgan fingerprint density at radius 1 is 1.03 bits per heavy atom. The van der Waals surface area contributed by atoms with E-state index in [2.05, 4.69) is 29.2 Å². The molecule has 0 radical (unpaired) electrons. The maximum absolute atomic E-state index is 12.7. The summed E-state index contributed by atoms with van der Waals surface area (Å²) < 4.78 is 2.83. The largest absolute Gasteiger partial charge is 0.372 e. The van der Waals surface area contributed by atoms with E-state index >= 15 is 0 Å². The zero-order valence-electron chi connectivity index (χ0n) is 16.7. The summed E-state index contributed by atoms with van der Waals surface area (Å²) in [5, 5.41) is 0. The van der Waals surface area contributed by atoms with Crippen molar-refractivity contribution in [3.05, 3.63) is 84.8 Å². The third-order valence-corrected chi connectivity index (χ3v) is 6.50. The van der Waals surface area contributed by atoms with Crippen LogP contribution in [0, 0.1) is 6.92 Å². The Morgan fingerprint density at radius 3 is 2.41 bits per heavy atom. The number of carbonyl (C=O) groups is 1. The standard InChI is InChI=1S/C24H24N2O2S/c1-17-7-3-4-8-20(17)21(27)16-23-25(2)24(28)22(29-23)15-18-9-11-19(12-10-18)26-13-5-6-14-26/h3-4,7-12,15-16H,5-6,13-14H2,1-2H3/b22-15-,23-16-. The number of anilines is 1. The quantitative estimate of drug-likeness (QED) is 0.628. The first kappa shape index (κ1) is 19.4. The first-order valence-corrected chi connectivity index (χ1v) is 10.7. The van der Waals surface area contributed by atoms with Crippen LogP contribution >= 0.6 is 11.3 Å². The van der Waals surface area contributed by atoms with Crippen LogP contribution in [0.3, 0.4) is 0 Å². The Labute approximate surface area is 174 Å². The lowest BCUT2D eigenvalue weighted by Gasteiger charge is -2.17. The fraction of sp³-hybridized carbons (Fsp3) is 0.250. The Kier molecular flexibility index (Phi) is 5.49. The van der Waals surface area contributed by atoms with E-state index in [4.69, 9.17) is 0 Å². The van der Waals surface area contributed by atoms with Gasteiger partial charge in [0.2, 0.25) is 0 Å². The molecule has 0 spiro atoms. The molecule has 0 amide bonds. The van der Waals surface area contributed by atoms with Crippen molar-refractivity contribution in [1.29, 1.82) is 0 Å². The lowest BCUT2D eigenvalue weighted by Crippen LogP contribution is -2.29. The van der Waals surface area contributed by atoms with Crippen LogP contribution < -0.4 is 19.7 Å². The van der Waals surface area contributed by atoms with E-state index in [-0.39, 0.29) is 11.3 Å². The maximum Gasteiger partial charge on any atom is 0.268 e. The fourth-order valence-electron chi connectivity index (χ4n) is 3.65. The maximum atomic E-state index is 12.7. The van der Waals surface area contributed by atoms with E-state index in [1.807, 2.05) is 37.3 Å². The van der Waals surface area contributed by atoms with Crippen LogP contribution in [0.2, 0.25) is 0 Å². The summed E-state index contributed by atoms with van der Waals surface area (Å²) in [6, 6.07) is 15.8. The summed E-state index contributed by atoms with van der Waals surface area (Å²) in [6.45, 7) is 4.14. The van der Waals surface area contributed by atoms with Crippen molar-refractivity contribution in [2.75, 3.05) is 18.0 Å². The van der Waals surface area contributed by atoms with E-state index in [1.54, 1.807) is 17.7 Å². The molecule has 0 saturated carbocycles. The van der Waals surface area contributed by atoms with Crippen molar-refractivity contribution in [2.45, 2.75) is 19.8 Å². The van der Waals surface area contributed by atoms with Crippen molar-refractivity contribution < 1.29 is 4.79 Å². The average Bonchev–Trinajstić information content (AvgIpc) is 3.34. The number of carbonyl (C=O) groups excluding carboxylic acids is 1. The second-order valence-corrected chi connectivity index (χ2v) is 8.48. The first-order valence-electron chi connectivity index (χ1n) is 9.87. The van der Waals surface area contributed by atoms with Crippen molar-refractivity contribution >= 4 is 35.0 Å². The summed E-state index contributed by atoms with van der Waals surface area (Å²) in [7, 11) is 1.71. The highest BCUT2D eigenvalue weighted by molar-refractivity contribution is 7.07. The second-order valence-electron chi connectivity index (χ2n) is 7.42. The third-order valence-electron chi connectivity index (χ3n) is 5.39. The van der Waals surface area contributed by atoms with Gasteiger partial charge in [0.05, 0.1) is 4.53 Å². The topological polar surface area (TPSA) is 42.3 Å². The smallest absolute Gasteiger partial charge is 0.268 e. The number of aryl methyl sites for hydroxylation is 1. The van der Waals surface area contributed by atoms with Gasteiger partial charge in [0.25, 0.3) is 5.56 Å². The number of thiazole rings is 1. The van der Waals surface area contributed by atoms with Crippen LogP contribution in [0.5, 0.6) is 0 Å². The van der Waals surface area contributed by atoms with Crippen molar-refractivity contribution in [2.24, 2.45) is 7.05 Å². The van der Waals surface area contributed by atoms with Crippen molar-refractivity contribution in [1.82, 2.24) is 4.57 Å². The predicted molar refractivity (Wildman–Crippen MR) is 120 cm³/mol. The number of nitrogens with zero attached hydrogens (tertiary/aromatic N) is 2. The first-order chi connectivity index (χ1) is 14.0. The van der Waals surface area contributed by atoms with E-state index in [0.29, 0.717) is 14.8 Å². The molecule has 0 atom stereocenters. The van der Waals surface area contributed by atoms with Gasteiger partial charge < -0.3 is 9.47 Å². The summed E-state index contributed by atoms with van der Waals surface area (Å²) >= 11 is 1.35. The van der Waals surface area contributed by atoms with Crippen molar-refractivity contribution in [3.63, 3.8) is 0 Å². The van der Waals surface area contributed by atoms with Gasteiger partial charge >= 0.3 is 0 Å². The van der Waals surface area contributed by atoms with Crippen molar-refractivity contribution in [3.8, 4) is 0 Å². The lowest BCUT2D eigenvalue weighted by atomic mass is 10.1. The molecule has 1 aliphatic rings. The number of hydrogen-bond donors (Lipinski definition) is 0. The summed E-state index contributed by atoms with van der Waals surface area (Å²) in [5.41, 5.74) is 3.74. The van der Waals surface area contributed by atoms with Gasteiger partial charge in [-0.1, -0.05) is 36.4 Å². The molecule has 0 aliphatic carbocycles. The lowest BCUT2D eigenvalue weighted by molar-refractivity contribution is 0.106. The minimum Gasteiger partial charge on any atom is -0.372 e. The summed E-state index contributed by atoms with van der Waals surface area (Å²) in [6.07, 6.45) is 5.96. The van der Waals surface area contributed by atoms with E-state index in [0.717, 1.165) is 24.2 Å². The second kappa shape index (κ2) is 8.21. The molecular weight excluding hydrogens is 380 g/mol. The van der Waals surface area contributed by atoms with Gasteiger partial charge in [0.1, 0.15) is 4.66 Å². The molecule has 4 rings (SSSR count). The van der Waals surface area contributed by atoms with Crippen LogP contribution in [0.15, 0.2) is 53.3 Å². The molecule has 1 aliphatic heterocycles. The number of aromatic nitrogens is 1. The molecule has 2 aromatic carbocycles. The molecule has 1 fully saturated rings. The molecule has 29 heavy (non-hydrogen) atoms. The van der Waals surface area contributed by atoms with Crippen LogP contribution in [-0.4, -0.2) is 23.4 Å². The molecule has 5 heteroatoms. The summed E-state index contributed by atoms with van der Waals surface area (Å²) in [5.74, 6) is -0.0820. The average molecular weight is 405 g/mol. The highest BCUT2D eigenvalue weighted by Gasteiger charge is 2.12. The van der Waals surface area contributed by atoms with Gasteiger partial charge in [0.15, 0.2) is 5.78 Å². The van der Waals surface area contributed by atoms with Gasteiger partial charge in [-0.3, -0.25) is 9.59 Å². The van der Waals surface area contributed by atoms with Gasteiger partial charge in [-0.25, -0.2) is 0 Å². The normalized spacial score (nSPS) is 15.3. The Morgan fingerprint density at radius 2 is 1.72 bits per heavy atom. The van der Waals surface area contributed by atoms with Crippen LogP contribution in [0.25, 0.3) is 12.2 Å². The molecule has 4 nitrogen and oxygen atoms in total. The molecule has 0 bridgehead atoms. The van der Waals surface area contributed by atoms with Gasteiger partial charge in [-0.15, -0.1) is 11.3 Å². The molecule has 1 aromatic heterocycles. The minimum atomic E-state index is -0.0820. The van der Waals surface area contributed by atoms with E-state index in [9.17, 15) is 9.59 Å². The number of Topliss-reactive ketones (excluding diaryl/α,β-unsaturated/α-hetero) is 1. The molecule has 1 saturated heterocycles. The monoisotopic (exact) mass is 404 g/mol. The Balaban J connectivity index is 1.67. The van der Waals surface area contributed by atoms with Gasteiger partial charge in [-0.2, -0.15) is 0 Å². The van der Waals surface area contributed by atoms with Crippen LogP contribution in [0.1, 0.15) is 34.3 Å². The molecule has 148 valence electrons. The fourth-order valence-corrected chi connectivity index (χ4v) is 4.69. The molecule has 2 heterocycles. The van der Waals surface area contributed by atoms with Gasteiger partial charge in [-0.05, 0) is 49.1 Å². The minimum absolute atomic E-state index is 0.0811. The number of rotatable bonds is 4. The zero-order chi connectivity index (χ0) is 20.4. The van der Waals surface area contributed by atoms with E-state index < -0.39 is 0 Å². The summed E-state index contributed by atoms with van der Waals surface area (Å²) in [4.78, 5) is 27.7. The molecule has 0 unspecified atom stereocenters. The number of ketones is 1. The molecule has 0 N–H and O–H groups in total. The number of hydrogen-bond acceptors (Lipinski definition) is 4. The Hall–Kier alpha value is -2.92. The van der Waals surface area contributed by atoms with Crippen LogP contribution in [0.4, 0.5) is 5.69 Å². The third kappa shape index (κ3) is 4.10. The molecular formula is C24H24N2O2S. The zero-order valence-corrected chi connectivity index (χ0v) is 17.5.